The molecule has 3 aliphatic heterocycles. The number of hydrogen-bond acceptors (Lipinski definition) is 5. The van der Waals surface area contributed by atoms with Crippen molar-refractivity contribution in [2.24, 2.45) is 11.8 Å². The molecule has 4 atom stereocenters. The first-order chi connectivity index (χ1) is 14.4. The molecule has 0 saturated carbocycles. The molecule has 3 fully saturated rings. The Hall–Kier alpha value is -1.96. The number of amides is 2. The summed E-state index contributed by atoms with van der Waals surface area (Å²) >= 11 is 3.41. The molecule has 0 aliphatic carbocycles. The number of benzene rings is 1. The van der Waals surface area contributed by atoms with Gasteiger partial charge in [0, 0.05) is 18.4 Å². The van der Waals surface area contributed by atoms with E-state index in [1.54, 1.807) is 13.8 Å². The fraction of sp³-hybridized carbons (Fsp3) is 0.571. The number of likely N-dealkylation sites (tertiary alicyclic amines) is 1. The predicted molar refractivity (Wildman–Crippen MR) is 108 cm³/mol. The number of imide groups is 1. The van der Waals surface area contributed by atoms with E-state index < -0.39 is 52.2 Å². The van der Waals surface area contributed by atoms with E-state index in [-0.39, 0.29) is 5.69 Å². The molecule has 0 spiro atoms. The number of morpholine rings is 1. The lowest BCUT2D eigenvalue weighted by molar-refractivity contribution is -0.169. The monoisotopic (exact) mass is 499 g/mol. The normalized spacial score (nSPS) is 33.0. The Balaban J connectivity index is 1.72. The number of nitrogens with zero attached hydrogens (tertiary/aromatic N) is 3. The molecule has 0 aromatic heterocycles. The zero-order chi connectivity index (χ0) is 22.8. The third-order valence-electron chi connectivity index (χ3n) is 6.46. The molecular formula is C21H21BrF3N3O3. The molecule has 3 saturated heterocycles. The molecule has 1 unspecified atom stereocenters. The van der Waals surface area contributed by atoms with Crippen molar-refractivity contribution in [3.8, 4) is 6.07 Å². The van der Waals surface area contributed by atoms with E-state index in [4.69, 9.17) is 10.00 Å². The second kappa shape index (κ2) is 7.29. The van der Waals surface area contributed by atoms with Crippen LogP contribution >= 0.6 is 15.9 Å². The Morgan fingerprint density at radius 1 is 1.19 bits per heavy atom. The van der Waals surface area contributed by atoms with Crippen molar-refractivity contribution in [1.29, 1.82) is 5.26 Å². The Bertz CT molecular complexity index is 958. The number of ether oxygens (including phenoxy) is 1. The van der Waals surface area contributed by atoms with Gasteiger partial charge in [-0.05, 0) is 45.0 Å². The van der Waals surface area contributed by atoms with Crippen molar-refractivity contribution in [2.75, 3.05) is 29.9 Å². The lowest BCUT2D eigenvalue weighted by Crippen LogP contribution is -2.58. The van der Waals surface area contributed by atoms with Gasteiger partial charge in [-0.2, -0.15) is 18.4 Å². The van der Waals surface area contributed by atoms with Crippen LogP contribution in [0.3, 0.4) is 0 Å². The highest BCUT2D eigenvalue weighted by Crippen LogP contribution is 2.55. The maximum absolute atomic E-state index is 13.4. The van der Waals surface area contributed by atoms with Crippen molar-refractivity contribution in [3.05, 3.63) is 29.3 Å². The van der Waals surface area contributed by atoms with Crippen LogP contribution in [0, 0.1) is 23.2 Å². The Morgan fingerprint density at radius 3 is 2.26 bits per heavy atom. The largest absolute Gasteiger partial charge is 0.417 e. The Labute approximate surface area is 186 Å². The predicted octanol–water partition coefficient (Wildman–Crippen LogP) is 3.33. The first-order valence-corrected chi connectivity index (χ1v) is 11.0. The number of nitriles is 1. The summed E-state index contributed by atoms with van der Waals surface area (Å²) in [5.41, 5.74) is -3.72. The average molecular weight is 500 g/mol. The molecule has 2 amide bonds. The number of alkyl halides is 4. The summed E-state index contributed by atoms with van der Waals surface area (Å²) < 4.78 is 46.5. The van der Waals surface area contributed by atoms with Gasteiger partial charge in [-0.1, -0.05) is 15.9 Å². The van der Waals surface area contributed by atoms with Crippen LogP contribution in [-0.2, 0) is 20.5 Å². The van der Waals surface area contributed by atoms with Gasteiger partial charge in [0.25, 0.3) is 0 Å². The average Bonchev–Trinajstić information content (AvgIpc) is 3.05. The van der Waals surface area contributed by atoms with Crippen molar-refractivity contribution in [3.63, 3.8) is 0 Å². The van der Waals surface area contributed by atoms with E-state index in [2.05, 4.69) is 20.8 Å². The lowest BCUT2D eigenvalue weighted by atomic mass is 9.79. The van der Waals surface area contributed by atoms with Gasteiger partial charge in [0.15, 0.2) is 0 Å². The van der Waals surface area contributed by atoms with Gasteiger partial charge in [0.05, 0.1) is 45.9 Å². The number of hydrogen-bond donors (Lipinski definition) is 0. The van der Waals surface area contributed by atoms with Crippen molar-refractivity contribution < 1.29 is 27.5 Å². The molecule has 0 radical (unpaired) electrons. The van der Waals surface area contributed by atoms with Crippen LogP contribution in [0.15, 0.2) is 18.2 Å². The maximum atomic E-state index is 13.4. The molecule has 2 bridgehead atoms. The van der Waals surface area contributed by atoms with E-state index in [0.29, 0.717) is 19.2 Å². The van der Waals surface area contributed by atoms with Gasteiger partial charge < -0.3 is 4.74 Å². The van der Waals surface area contributed by atoms with E-state index in [9.17, 15) is 22.8 Å². The van der Waals surface area contributed by atoms with Crippen LogP contribution in [0.25, 0.3) is 0 Å². The first-order valence-electron chi connectivity index (χ1n) is 9.93. The summed E-state index contributed by atoms with van der Waals surface area (Å²) in [5, 5.41) is 9.84. The van der Waals surface area contributed by atoms with Crippen molar-refractivity contribution in [1.82, 2.24) is 4.90 Å². The molecule has 4 rings (SSSR count). The van der Waals surface area contributed by atoms with Crippen molar-refractivity contribution in [2.45, 2.75) is 37.6 Å². The second-order valence-electron chi connectivity index (χ2n) is 8.79. The highest BCUT2D eigenvalue weighted by molar-refractivity contribution is 9.09. The molecule has 1 aromatic carbocycles. The molecule has 3 heterocycles. The molecule has 31 heavy (non-hydrogen) atoms. The van der Waals surface area contributed by atoms with Crippen LogP contribution in [0.2, 0.25) is 0 Å². The van der Waals surface area contributed by atoms with E-state index in [0.717, 1.165) is 29.3 Å². The highest BCUT2D eigenvalue weighted by atomic mass is 79.9. The van der Waals surface area contributed by atoms with Crippen LogP contribution in [0.4, 0.5) is 18.9 Å². The molecule has 1 aromatic rings. The number of fused-ring (bicyclic) bond motifs is 5. The molecule has 6 nitrogen and oxygen atoms in total. The van der Waals surface area contributed by atoms with Crippen LogP contribution in [0.1, 0.15) is 31.4 Å². The standard InChI is InChI=1S/C21H21BrF3N3O3/c1-19-10-27(7-3-6-22)11-20(2,31-19)16-15(19)17(29)28(18(16)30)13-5-4-12(9-26)14(8-13)21(23,24)25/h4-5,8,15-16H,3,6-7,10-11H2,1-2H3/t15-,16?,19+,20-/m0/s1. The Kier molecular flexibility index (Phi) is 5.23. The van der Waals surface area contributed by atoms with E-state index in [1.807, 2.05) is 0 Å². The summed E-state index contributed by atoms with van der Waals surface area (Å²) in [5.74, 6) is -2.66. The molecule has 0 N–H and O–H groups in total. The summed E-state index contributed by atoms with van der Waals surface area (Å²) in [6.45, 7) is 5.31. The topological polar surface area (TPSA) is 73.6 Å². The first kappa shape index (κ1) is 22.2. The highest BCUT2D eigenvalue weighted by Gasteiger charge is 2.71. The molecule has 10 heteroatoms. The van der Waals surface area contributed by atoms with Crippen LogP contribution < -0.4 is 4.90 Å². The summed E-state index contributed by atoms with van der Waals surface area (Å²) in [7, 11) is 0. The quantitative estimate of drug-likeness (QED) is 0.469. The number of halogens is 4. The minimum Gasteiger partial charge on any atom is -0.365 e. The molecule has 3 aliphatic rings. The van der Waals surface area contributed by atoms with Crippen LogP contribution in [0.5, 0.6) is 0 Å². The molecule has 166 valence electrons. The minimum atomic E-state index is -4.78. The zero-order valence-corrected chi connectivity index (χ0v) is 18.6. The third kappa shape index (κ3) is 3.38. The fourth-order valence-electron chi connectivity index (χ4n) is 5.46. The van der Waals surface area contributed by atoms with E-state index in [1.165, 1.54) is 12.1 Å². The van der Waals surface area contributed by atoms with Gasteiger partial charge >= 0.3 is 6.18 Å². The minimum absolute atomic E-state index is 0.169. The zero-order valence-electron chi connectivity index (χ0n) is 17.0. The van der Waals surface area contributed by atoms with Gasteiger partial charge in [-0.25, -0.2) is 4.90 Å². The summed E-state index contributed by atoms with van der Waals surface area (Å²) in [6.07, 6.45) is -3.88. The van der Waals surface area contributed by atoms with Crippen LogP contribution in [-0.4, -0.2) is 52.9 Å². The van der Waals surface area contributed by atoms with Crippen molar-refractivity contribution >= 4 is 33.4 Å². The third-order valence-corrected chi connectivity index (χ3v) is 7.02. The number of carbonyl (C=O) groups excluding carboxylic acids is 2. The van der Waals surface area contributed by atoms with Gasteiger partial charge in [-0.3, -0.25) is 14.5 Å². The fourth-order valence-corrected chi connectivity index (χ4v) is 5.71. The molecular weight excluding hydrogens is 479 g/mol. The van der Waals surface area contributed by atoms with E-state index >= 15 is 0 Å². The SMILES string of the molecule is C[C@]12CN(CCCBr)C[C@](C)(O1)C1C(=O)N(c3ccc(C#N)c(C(F)(F)F)c3)C(=O)[C@H]12. The lowest BCUT2D eigenvalue weighted by Gasteiger charge is -2.45. The number of anilines is 1. The Morgan fingerprint density at radius 2 is 1.77 bits per heavy atom. The van der Waals surface area contributed by atoms with Gasteiger partial charge in [-0.15, -0.1) is 0 Å². The second-order valence-corrected chi connectivity index (χ2v) is 9.58. The number of carbonyl (C=O) groups is 2. The number of rotatable bonds is 4. The maximum Gasteiger partial charge on any atom is 0.417 e. The van der Waals surface area contributed by atoms with Gasteiger partial charge in [0.2, 0.25) is 11.8 Å². The smallest absolute Gasteiger partial charge is 0.365 e. The van der Waals surface area contributed by atoms with Gasteiger partial charge in [0.1, 0.15) is 0 Å². The summed E-state index contributed by atoms with van der Waals surface area (Å²) in [6, 6.07) is 4.43. The summed E-state index contributed by atoms with van der Waals surface area (Å²) in [4.78, 5) is 29.8.